The second kappa shape index (κ2) is 7.96. The number of nitrogens with two attached hydrogens (primary N) is 1. The van der Waals surface area contributed by atoms with Crippen LogP contribution in [0.25, 0.3) is 0 Å². The van der Waals surface area contributed by atoms with Gasteiger partial charge >= 0.3 is 0 Å². The van der Waals surface area contributed by atoms with E-state index in [1.54, 1.807) is 19.2 Å². The molecule has 0 aliphatic carbocycles. The highest BCUT2D eigenvalue weighted by Gasteiger charge is 2.01. The largest absolute Gasteiger partial charge is 0.399 e. The van der Waals surface area contributed by atoms with Gasteiger partial charge in [0, 0.05) is 19.3 Å². The van der Waals surface area contributed by atoms with Crippen LogP contribution in [-0.2, 0) is 16.0 Å². The Bertz CT molecular complexity index is 314. The van der Waals surface area contributed by atoms with E-state index in [0.29, 0.717) is 25.3 Å². The third-order valence-corrected chi connectivity index (χ3v) is 1.97. The lowest BCUT2D eigenvalue weighted by Gasteiger charge is -2.04. The van der Waals surface area contributed by atoms with Gasteiger partial charge in [-0.2, -0.15) is 0 Å². The van der Waals surface area contributed by atoms with Gasteiger partial charge in [0.25, 0.3) is 0 Å². The number of nitrogens with one attached hydrogen (secondary N) is 1. The lowest BCUT2D eigenvalue weighted by molar-refractivity contribution is -0.120. The van der Waals surface area contributed by atoms with Gasteiger partial charge < -0.3 is 15.8 Å². The van der Waals surface area contributed by atoms with Gasteiger partial charge in [0.1, 0.15) is 0 Å². The van der Waals surface area contributed by atoms with E-state index in [0.717, 1.165) is 5.56 Å². The smallest absolute Gasteiger partial charge is 0.224 e. The molecule has 0 bridgehead atoms. The topological polar surface area (TPSA) is 64.3 Å². The third-order valence-electron chi connectivity index (χ3n) is 1.97. The number of nitrogen functional groups attached to an aromatic ring is 1. The summed E-state index contributed by atoms with van der Waals surface area (Å²) in [6.45, 7) is 1.08. The van der Waals surface area contributed by atoms with E-state index in [1.165, 1.54) is 0 Å². The van der Waals surface area contributed by atoms with Gasteiger partial charge in [0.05, 0.1) is 13.0 Å². The molecule has 0 radical (unpaired) electrons. The predicted octanol–water partition coefficient (Wildman–Crippen LogP) is 0.996. The number of rotatable bonds is 5. The standard InChI is InChI=1S/C11H16N2O2.ClH/c1-15-7-6-13-11(14)8-9-2-4-10(12)5-3-9;/h2-5H,6-8,12H2,1H3,(H,13,14);1H. The second-order valence-electron chi connectivity index (χ2n) is 3.26. The van der Waals surface area contributed by atoms with Crippen LogP contribution in [0, 0.1) is 0 Å². The fourth-order valence-corrected chi connectivity index (χ4v) is 1.18. The van der Waals surface area contributed by atoms with Crippen molar-refractivity contribution >= 4 is 24.0 Å². The first kappa shape index (κ1) is 14.7. The summed E-state index contributed by atoms with van der Waals surface area (Å²) in [5.74, 6) is -0.00294. The minimum Gasteiger partial charge on any atom is -0.399 e. The van der Waals surface area contributed by atoms with Crippen LogP contribution in [0.1, 0.15) is 5.56 Å². The first-order valence-electron chi connectivity index (χ1n) is 4.82. The summed E-state index contributed by atoms with van der Waals surface area (Å²) in [4.78, 5) is 11.4. The van der Waals surface area contributed by atoms with Gasteiger partial charge in [0.2, 0.25) is 5.91 Å². The van der Waals surface area contributed by atoms with Crippen molar-refractivity contribution in [1.82, 2.24) is 5.32 Å². The molecule has 16 heavy (non-hydrogen) atoms. The van der Waals surface area contributed by atoms with Crippen molar-refractivity contribution in [2.75, 3.05) is 26.0 Å². The first-order valence-corrected chi connectivity index (χ1v) is 4.82. The maximum absolute atomic E-state index is 11.4. The molecule has 0 fully saturated rings. The molecule has 0 saturated heterocycles. The maximum Gasteiger partial charge on any atom is 0.224 e. The molecule has 0 aliphatic rings. The molecule has 90 valence electrons. The lowest BCUT2D eigenvalue weighted by Crippen LogP contribution is -2.28. The molecule has 5 heteroatoms. The quantitative estimate of drug-likeness (QED) is 0.600. The molecule has 0 unspecified atom stereocenters. The Morgan fingerprint density at radius 3 is 2.56 bits per heavy atom. The molecule has 1 aromatic carbocycles. The van der Waals surface area contributed by atoms with Gasteiger partial charge in [-0.1, -0.05) is 12.1 Å². The summed E-state index contributed by atoms with van der Waals surface area (Å²) in [5.41, 5.74) is 7.20. The number of ether oxygens (including phenoxy) is 1. The van der Waals surface area contributed by atoms with Crippen molar-refractivity contribution in [1.29, 1.82) is 0 Å². The van der Waals surface area contributed by atoms with Gasteiger partial charge in [-0.3, -0.25) is 4.79 Å². The third kappa shape index (κ3) is 5.58. The van der Waals surface area contributed by atoms with E-state index < -0.39 is 0 Å². The Labute approximate surface area is 102 Å². The van der Waals surface area contributed by atoms with E-state index >= 15 is 0 Å². The van der Waals surface area contributed by atoms with Gasteiger partial charge in [0.15, 0.2) is 0 Å². The van der Waals surface area contributed by atoms with Gasteiger partial charge in [-0.15, -0.1) is 12.4 Å². The molecule has 0 aromatic heterocycles. The van der Waals surface area contributed by atoms with Crippen molar-refractivity contribution in [3.63, 3.8) is 0 Å². The number of anilines is 1. The van der Waals surface area contributed by atoms with Gasteiger partial charge in [-0.05, 0) is 17.7 Å². The Hall–Kier alpha value is -1.26. The number of carbonyl (C=O) groups excluding carboxylic acids is 1. The van der Waals surface area contributed by atoms with Crippen LogP contribution in [-0.4, -0.2) is 26.2 Å². The zero-order valence-corrected chi connectivity index (χ0v) is 10.0. The highest BCUT2D eigenvalue weighted by Crippen LogP contribution is 2.05. The number of benzene rings is 1. The molecule has 0 aliphatic heterocycles. The van der Waals surface area contributed by atoms with E-state index in [4.69, 9.17) is 10.5 Å². The SMILES string of the molecule is COCCNC(=O)Cc1ccc(N)cc1.Cl. The van der Waals surface area contributed by atoms with E-state index in [9.17, 15) is 4.79 Å². The van der Waals surface area contributed by atoms with Crippen molar-refractivity contribution < 1.29 is 9.53 Å². The summed E-state index contributed by atoms with van der Waals surface area (Å²) in [6, 6.07) is 7.28. The van der Waals surface area contributed by atoms with Crippen LogP contribution in [0.2, 0.25) is 0 Å². The zero-order valence-electron chi connectivity index (χ0n) is 9.23. The molecule has 0 saturated carbocycles. The molecule has 0 spiro atoms. The van der Waals surface area contributed by atoms with E-state index in [1.807, 2.05) is 12.1 Å². The zero-order chi connectivity index (χ0) is 11.1. The summed E-state index contributed by atoms with van der Waals surface area (Å²) < 4.78 is 4.83. The second-order valence-corrected chi connectivity index (χ2v) is 3.26. The number of amides is 1. The fraction of sp³-hybridized carbons (Fsp3) is 0.364. The number of hydrogen-bond acceptors (Lipinski definition) is 3. The average molecular weight is 245 g/mol. The number of methoxy groups -OCH3 is 1. The van der Waals surface area contributed by atoms with Crippen molar-refractivity contribution in [2.45, 2.75) is 6.42 Å². The molecule has 0 heterocycles. The number of hydrogen-bond donors (Lipinski definition) is 2. The van der Waals surface area contributed by atoms with Crippen molar-refractivity contribution in [3.05, 3.63) is 29.8 Å². The van der Waals surface area contributed by atoms with Crippen LogP contribution >= 0.6 is 12.4 Å². The fourth-order valence-electron chi connectivity index (χ4n) is 1.18. The Kier molecular flexibility index (Phi) is 7.33. The highest BCUT2D eigenvalue weighted by molar-refractivity contribution is 5.85. The summed E-state index contributed by atoms with van der Waals surface area (Å²) in [5, 5.41) is 2.75. The van der Waals surface area contributed by atoms with Gasteiger partial charge in [-0.25, -0.2) is 0 Å². The summed E-state index contributed by atoms with van der Waals surface area (Å²) in [6.07, 6.45) is 0.379. The molecule has 1 aromatic rings. The molecular formula is C11H17ClN2O2. The maximum atomic E-state index is 11.4. The highest BCUT2D eigenvalue weighted by atomic mass is 35.5. The molecule has 0 atom stereocenters. The number of carbonyl (C=O) groups is 1. The first-order chi connectivity index (χ1) is 7.22. The normalized spacial score (nSPS) is 9.31. The van der Waals surface area contributed by atoms with E-state index in [-0.39, 0.29) is 18.3 Å². The van der Waals surface area contributed by atoms with Crippen LogP contribution in [0.3, 0.4) is 0 Å². The van der Waals surface area contributed by atoms with Crippen LogP contribution in [0.15, 0.2) is 24.3 Å². The summed E-state index contributed by atoms with van der Waals surface area (Å²) >= 11 is 0. The molecule has 3 N–H and O–H groups in total. The predicted molar refractivity (Wildman–Crippen MR) is 66.7 cm³/mol. The minimum atomic E-state index is -0.00294. The van der Waals surface area contributed by atoms with Crippen LogP contribution < -0.4 is 11.1 Å². The molecule has 1 amide bonds. The summed E-state index contributed by atoms with van der Waals surface area (Å²) in [7, 11) is 1.60. The lowest BCUT2D eigenvalue weighted by atomic mass is 10.1. The Balaban J connectivity index is 0.00000225. The number of halogens is 1. The Morgan fingerprint density at radius 1 is 1.38 bits per heavy atom. The molecule has 4 nitrogen and oxygen atoms in total. The molecule has 1 rings (SSSR count). The van der Waals surface area contributed by atoms with Crippen LogP contribution in [0.5, 0.6) is 0 Å². The molecular weight excluding hydrogens is 228 g/mol. The minimum absolute atomic E-state index is 0. The monoisotopic (exact) mass is 244 g/mol. The van der Waals surface area contributed by atoms with Crippen molar-refractivity contribution in [3.8, 4) is 0 Å². The van der Waals surface area contributed by atoms with E-state index in [2.05, 4.69) is 5.32 Å². The van der Waals surface area contributed by atoms with Crippen LogP contribution in [0.4, 0.5) is 5.69 Å². The average Bonchev–Trinajstić information content (AvgIpc) is 2.22. The Morgan fingerprint density at radius 2 is 2.00 bits per heavy atom. The van der Waals surface area contributed by atoms with Crippen molar-refractivity contribution in [2.24, 2.45) is 0 Å².